The number of aliphatic hydroxyl groups excluding tert-OH is 1. The van der Waals surface area contributed by atoms with Gasteiger partial charge in [0.1, 0.15) is 11.0 Å². The minimum Gasteiger partial charge on any atom is -0.393 e. The lowest BCUT2D eigenvalue weighted by Gasteiger charge is -2.36. The minimum atomic E-state index is -0.166. The second-order valence-electron chi connectivity index (χ2n) is 6.68. The summed E-state index contributed by atoms with van der Waals surface area (Å²) in [5, 5.41) is 13.4. The summed E-state index contributed by atoms with van der Waals surface area (Å²) in [5.74, 6) is 1.41. The zero-order valence-corrected chi connectivity index (χ0v) is 14.5. The van der Waals surface area contributed by atoms with Gasteiger partial charge in [-0.1, -0.05) is 11.6 Å². The van der Waals surface area contributed by atoms with Crippen molar-refractivity contribution in [1.29, 1.82) is 0 Å². The molecule has 3 rings (SSSR count). The molecule has 0 aromatic carbocycles. The SMILES string of the molecule is C[C@@H]1CN(c2cc(Cl)nc(NC3CCC(O)CC3)n2)C[C@H](C)O1. The van der Waals surface area contributed by atoms with Crippen LogP contribution in [-0.2, 0) is 4.74 Å². The maximum atomic E-state index is 9.60. The van der Waals surface area contributed by atoms with E-state index in [1.165, 1.54) is 0 Å². The topological polar surface area (TPSA) is 70.5 Å². The summed E-state index contributed by atoms with van der Waals surface area (Å²) < 4.78 is 5.77. The summed E-state index contributed by atoms with van der Waals surface area (Å²) >= 11 is 6.19. The van der Waals surface area contributed by atoms with E-state index in [4.69, 9.17) is 16.3 Å². The summed E-state index contributed by atoms with van der Waals surface area (Å²) in [4.78, 5) is 11.1. The van der Waals surface area contributed by atoms with Crippen LogP contribution >= 0.6 is 11.6 Å². The van der Waals surface area contributed by atoms with Crippen LogP contribution < -0.4 is 10.2 Å². The normalized spacial score (nSPS) is 31.9. The van der Waals surface area contributed by atoms with Crippen LogP contribution in [0.2, 0.25) is 5.15 Å². The minimum absolute atomic E-state index is 0.166. The molecule has 2 atom stereocenters. The maximum absolute atomic E-state index is 9.60. The molecule has 2 fully saturated rings. The highest BCUT2D eigenvalue weighted by molar-refractivity contribution is 6.29. The van der Waals surface area contributed by atoms with Gasteiger partial charge in [0.05, 0.1) is 18.3 Å². The quantitative estimate of drug-likeness (QED) is 0.824. The van der Waals surface area contributed by atoms with Crippen molar-refractivity contribution in [1.82, 2.24) is 9.97 Å². The van der Waals surface area contributed by atoms with Gasteiger partial charge in [0.25, 0.3) is 0 Å². The molecule has 1 aromatic heterocycles. The molecule has 1 aliphatic heterocycles. The molecule has 0 amide bonds. The molecular formula is C16H25ClN4O2. The van der Waals surface area contributed by atoms with Gasteiger partial charge in [0.15, 0.2) is 0 Å². The number of ether oxygens (including phenoxy) is 1. The zero-order valence-electron chi connectivity index (χ0n) is 13.7. The lowest BCUT2D eigenvalue weighted by atomic mass is 9.93. The van der Waals surface area contributed by atoms with Crippen molar-refractivity contribution >= 4 is 23.4 Å². The Hall–Kier alpha value is -1.11. The van der Waals surface area contributed by atoms with Gasteiger partial charge in [-0.25, -0.2) is 4.98 Å². The maximum Gasteiger partial charge on any atom is 0.226 e. The molecule has 128 valence electrons. The Balaban J connectivity index is 1.71. The molecule has 1 aromatic rings. The van der Waals surface area contributed by atoms with E-state index >= 15 is 0 Å². The van der Waals surface area contributed by atoms with Crippen molar-refractivity contribution in [2.75, 3.05) is 23.3 Å². The number of hydrogen-bond acceptors (Lipinski definition) is 6. The van der Waals surface area contributed by atoms with Gasteiger partial charge in [-0.05, 0) is 39.5 Å². The van der Waals surface area contributed by atoms with Gasteiger partial charge in [-0.2, -0.15) is 4.98 Å². The molecule has 0 spiro atoms. The van der Waals surface area contributed by atoms with Crippen molar-refractivity contribution in [2.45, 2.75) is 63.9 Å². The Morgan fingerprint density at radius 3 is 2.48 bits per heavy atom. The van der Waals surface area contributed by atoms with Crippen LogP contribution in [0.25, 0.3) is 0 Å². The number of nitrogens with zero attached hydrogens (tertiary/aromatic N) is 3. The number of aromatic nitrogens is 2. The van der Waals surface area contributed by atoms with Gasteiger partial charge in [0, 0.05) is 25.2 Å². The molecule has 0 unspecified atom stereocenters. The Kier molecular flexibility index (Phi) is 5.24. The first kappa shape index (κ1) is 16.7. The van der Waals surface area contributed by atoms with E-state index in [9.17, 15) is 5.11 Å². The van der Waals surface area contributed by atoms with Crippen molar-refractivity contribution in [3.05, 3.63) is 11.2 Å². The van der Waals surface area contributed by atoms with Crippen LogP contribution in [0.5, 0.6) is 0 Å². The fourth-order valence-electron chi connectivity index (χ4n) is 3.40. The number of anilines is 2. The average Bonchev–Trinajstić information content (AvgIpc) is 2.48. The average molecular weight is 341 g/mol. The van der Waals surface area contributed by atoms with Crippen molar-refractivity contribution in [3.8, 4) is 0 Å². The van der Waals surface area contributed by atoms with Gasteiger partial charge in [-0.3, -0.25) is 0 Å². The highest BCUT2D eigenvalue weighted by Gasteiger charge is 2.25. The van der Waals surface area contributed by atoms with E-state index in [1.54, 1.807) is 0 Å². The largest absolute Gasteiger partial charge is 0.393 e. The smallest absolute Gasteiger partial charge is 0.226 e. The van der Waals surface area contributed by atoms with Crippen LogP contribution in [0.1, 0.15) is 39.5 Å². The second-order valence-corrected chi connectivity index (χ2v) is 7.07. The van der Waals surface area contributed by atoms with E-state index in [0.717, 1.165) is 44.6 Å². The number of halogens is 1. The molecule has 0 bridgehead atoms. The number of aliphatic hydroxyl groups is 1. The second kappa shape index (κ2) is 7.20. The Bertz CT molecular complexity index is 527. The Labute approximate surface area is 142 Å². The first-order valence-corrected chi connectivity index (χ1v) is 8.77. The van der Waals surface area contributed by atoms with Crippen molar-refractivity contribution < 1.29 is 9.84 Å². The van der Waals surface area contributed by atoms with Crippen molar-refractivity contribution in [2.24, 2.45) is 0 Å². The fourth-order valence-corrected chi connectivity index (χ4v) is 3.58. The van der Waals surface area contributed by atoms with Crippen LogP contribution in [0.15, 0.2) is 6.07 Å². The zero-order chi connectivity index (χ0) is 16.4. The Morgan fingerprint density at radius 1 is 1.17 bits per heavy atom. The summed E-state index contributed by atoms with van der Waals surface area (Å²) in [7, 11) is 0. The molecule has 7 heteroatoms. The van der Waals surface area contributed by atoms with E-state index in [0.29, 0.717) is 17.1 Å². The van der Waals surface area contributed by atoms with E-state index < -0.39 is 0 Å². The van der Waals surface area contributed by atoms with Crippen molar-refractivity contribution in [3.63, 3.8) is 0 Å². The fraction of sp³-hybridized carbons (Fsp3) is 0.750. The molecule has 1 saturated heterocycles. The Morgan fingerprint density at radius 2 is 1.83 bits per heavy atom. The standard InChI is InChI=1S/C16H25ClN4O2/c1-10-8-21(9-11(2)23-10)15-7-14(17)19-16(20-15)18-12-3-5-13(22)6-4-12/h7,10-13,22H,3-6,8-9H2,1-2H3,(H,18,19,20)/t10-,11+,12?,13?. The van der Waals surface area contributed by atoms with E-state index in [2.05, 4.69) is 34.0 Å². The third kappa shape index (κ3) is 4.46. The highest BCUT2D eigenvalue weighted by Crippen LogP contribution is 2.25. The number of rotatable bonds is 3. The molecule has 1 aliphatic carbocycles. The lowest BCUT2D eigenvalue weighted by molar-refractivity contribution is -0.00546. The first-order chi connectivity index (χ1) is 11.0. The van der Waals surface area contributed by atoms with Gasteiger partial charge < -0.3 is 20.1 Å². The van der Waals surface area contributed by atoms with Crippen LogP contribution in [0.4, 0.5) is 11.8 Å². The van der Waals surface area contributed by atoms with Crippen LogP contribution in [0, 0.1) is 0 Å². The van der Waals surface area contributed by atoms with Gasteiger partial charge >= 0.3 is 0 Å². The molecular weight excluding hydrogens is 316 g/mol. The third-order valence-electron chi connectivity index (χ3n) is 4.45. The summed E-state index contributed by atoms with van der Waals surface area (Å²) in [6, 6.07) is 2.11. The third-order valence-corrected chi connectivity index (χ3v) is 4.65. The first-order valence-electron chi connectivity index (χ1n) is 8.39. The monoisotopic (exact) mass is 340 g/mol. The molecule has 23 heavy (non-hydrogen) atoms. The lowest BCUT2D eigenvalue weighted by Crippen LogP contribution is -2.46. The number of morpholine rings is 1. The predicted octanol–water partition coefficient (Wildman–Crippen LogP) is 2.46. The molecule has 6 nitrogen and oxygen atoms in total. The van der Waals surface area contributed by atoms with E-state index in [-0.39, 0.29) is 18.3 Å². The van der Waals surface area contributed by atoms with Crippen LogP contribution in [0.3, 0.4) is 0 Å². The highest BCUT2D eigenvalue weighted by atomic mass is 35.5. The van der Waals surface area contributed by atoms with E-state index in [1.807, 2.05) is 6.07 Å². The molecule has 2 N–H and O–H groups in total. The van der Waals surface area contributed by atoms with Gasteiger partial charge in [0.2, 0.25) is 5.95 Å². The number of nitrogens with one attached hydrogen (secondary N) is 1. The molecule has 2 heterocycles. The molecule has 0 radical (unpaired) electrons. The molecule has 1 saturated carbocycles. The van der Waals surface area contributed by atoms with Crippen LogP contribution in [-0.4, -0.2) is 52.5 Å². The predicted molar refractivity (Wildman–Crippen MR) is 91.1 cm³/mol. The summed E-state index contributed by atoms with van der Waals surface area (Å²) in [5.41, 5.74) is 0. The van der Waals surface area contributed by atoms with Gasteiger partial charge in [-0.15, -0.1) is 0 Å². The summed E-state index contributed by atoms with van der Waals surface area (Å²) in [6.07, 6.45) is 3.68. The number of hydrogen-bond donors (Lipinski definition) is 2. The summed E-state index contributed by atoms with van der Waals surface area (Å²) in [6.45, 7) is 5.73. The molecule has 2 aliphatic rings.